The number of nitrogens with one attached hydrogen (secondary N) is 1. The van der Waals surface area contributed by atoms with Crippen molar-refractivity contribution in [3.8, 4) is 0 Å². The molecule has 0 bridgehead atoms. The quantitative estimate of drug-likeness (QED) is 0.375. The van der Waals surface area contributed by atoms with Crippen LogP contribution >= 0.6 is 23.4 Å². The van der Waals surface area contributed by atoms with Crippen molar-refractivity contribution in [3.05, 3.63) is 63.4 Å². The molecule has 0 saturated carbocycles. The first-order chi connectivity index (χ1) is 15.2. The first-order valence-corrected chi connectivity index (χ1v) is 11.5. The molecule has 168 valence electrons. The Morgan fingerprint density at radius 1 is 1.16 bits per heavy atom. The number of carbonyl (C=O) groups is 2. The van der Waals surface area contributed by atoms with Crippen LogP contribution in [0.5, 0.6) is 0 Å². The zero-order chi connectivity index (χ0) is 23.4. The molecule has 0 aliphatic heterocycles. The van der Waals surface area contributed by atoms with Crippen LogP contribution in [0.15, 0.2) is 52.4 Å². The highest BCUT2D eigenvalue weighted by molar-refractivity contribution is 8.00. The van der Waals surface area contributed by atoms with Gasteiger partial charge in [0, 0.05) is 22.8 Å². The van der Waals surface area contributed by atoms with Crippen LogP contribution in [0.1, 0.15) is 37.6 Å². The van der Waals surface area contributed by atoms with E-state index in [2.05, 4.69) is 24.1 Å². The fourth-order valence-electron chi connectivity index (χ4n) is 3.02. The van der Waals surface area contributed by atoms with Crippen LogP contribution in [0.4, 0.5) is 5.69 Å². The van der Waals surface area contributed by atoms with Crippen molar-refractivity contribution in [2.24, 2.45) is 11.7 Å². The summed E-state index contributed by atoms with van der Waals surface area (Å²) in [6.07, 6.45) is 0.807. The maximum atomic E-state index is 13.1. The number of anilines is 1. The minimum absolute atomic E-state index is 0.149. The lowest BCUT2D eigenvalue weighted by atomic mass is 10.1. The van der Waals surface area contributed by atoms with Crippen molar-refractivity contribution in [1.29, 1.82) is 0 Å². The second kappa shape index (κ2) is 10.2. The molecule has 32 heavy (non-hydrogen) atoms. The number of hydrogen-bond donors (Lipinski definition) is 2. The molecule has 0 spiro atoms. The van der Waals surface area contributed by atoms with E-state index in [4.69, 9.17) is 17.3 Å². The first kappa shape index (κ1) is 23.8. The Labute approximate surface area is 195 Å². The van der Waals surface area contributed by atoms with Gasteiger partial charge in [-0.1, -0.05) is 37.2 Å². The third-order valence-electron chi connectivity index (χ3n) is 4.90. The molecule has 7 nitrogen and oxygen atoms in total. The van der Waals surface area contributed by atoms with Gasteiger partial charge in [0.1, 0.15) is 0 Å². The molecule has 1 unspecified atom stereocenters. The van der Waals surface area contributed by atoms with Crippen LogP contribution in [0, 0.1) is 5.92 Å². The molecule has 3 rings (SSSR count). The predicted molar refractivity (Wildman–Crippen MR) is 129 cm³/mol. The summed E-state index contributed by atoms with van der Waals surface area (Å²) in [7, 11) is 0. The number of amides is 2. The van der Waals surface area contributed by atoms with Gasteiger partial charge in [-0.15, -0.1) is 0 Å². The van der Waals surface area contributed by atoms with Crippen molar-refractivity contribution < 1.29 is 9.59 Å². The lowest BCUT2D eigenvalue weighted by Gasteiger charge is -2.17. The highest BCUT2D eigenvalue weighted by atomic mass is 35.5. The lowest BCUT2D eigenvalue weighted by Crippen LogP contribution is -2.27. The first-order valence-electron chi connectivity index (χ1n) is 10.2. The molecule has 0 aliphatic rings. The summed E-state index contributed by atoms with van der Waals surface area (Å²) in [6.45, 7) is 6.43. The van der Waals surface area contributed by atoms with Crippen LogP contribution in [0.25, 0.3) is 10.9 Å². The normalized spacial score (nSPS) is 12.2. The number of nitrogens with zero attached hydrogens (tertiary/aromatic N) is 2. The SMILES string of the molecule is CC(C)CCn1c(SC(C)C(=O)Nc2ccc(C(N)=O)cc2)nc2cc(Cl)ccc2c1=O. The molecule has 1 atom stereocenters. The Hall–Kier alpha value is -2.84. The van der Waals surface area contributed by atoms with Gasteiger partial charge < -0.3 is 11.1 Å². The van der Waals surface area contributed by atoms with Gasteiger partial charge in [0.2, 0.25) is 11.8 Å². The smallest absolute Gasteiger partial charge is 0.262 e. The summed E-state index contributed by atoms with van der Waals surface area (Å²) < 4.78 is 1.63. The summed E-state index contributed by atoms with van der Waals surface area (Å²) in [6, 6.07) is 11.3. The summed E-state index contributed by atoms with van der Waals surface area (Å²) in [5.41, 5.74) is 6.50. The van der Waals surface area contributed by atoms with Gasteiger partial charge >= 0.3 is 0 Å². The summed E-state index contributed by atoms with van der Waals surface area (Å²) in [5.74, 6) is -0.379. The van der Waals surface area contributed by atoms with Crippen molar-refractivity contribution in [3.63, 3.8) is 0 Å². The number of carbonyl (C=O) groups excluding carboxylic acids is 2. The highest BCUT2D eigenvalue weighted by Gasteiger charge is 2.20. The number of aromatic nitrogens is 2. The number of primary amides is 1. The Bertz CT molecular complexity index is 1210. The third kappa shape index (κ3) is 5.69. The van der Waals surface area contributed by atoms with Crippen molar-refractivity contribution in [2.75, 3.05) is 5.32 Å². The topological polar surface area (TPSA) is 107 Å². The maximum Gasteiger partial charge on any atom is 0.262 e. The van der Waals surface area contributed by atoms with Crippen LogP contribution < -0.4 is 16.6 Å². The minimum atomic E-state index is -0.534. The molecule has 3 N–H and O–H groups in total. The van der Waals surface area contributed by atoms with E-state index >= 15 is 0 Å². The van der Waals surface area contributed by atoms with Crippen molar-refractivity contribution >= 4 is 51.8 Å². The molecule has 0 saturated heterocycles. The molecule has 1 heterocycles. The molecule has 0 aliphatic carbocycles. The van der Waals surface area contributed by atoms with E-state index in [0.29, 0.717) is 44.8 Å². The largest absolute Gasteiger partial charge is 0.366 e. The van der Waals surface area contributed by atoms with Gasteiger partial charge in [-0.05, 0) is 61.7 Å². The zero-order valence-electron chi connectivity index (χ0n) is 18.1. The Balaban J connectivity index is 1.86. The highest BCUT2D eigenvalue weighted by Crippen LogP contribution is 2.25. The summed E-state index contributed by atoms with van der Waals surface area (Å²) in [4.78, 5) is 41.7. The molecule has 2 aromatic carbocycles. The number of rotatable bonds is 8. The Kier molecular flexibility index (Phi) is 7.58. The van der Waals surface area contributed by atoms with E-state index in [1.165, 1.54) is 11.8 Å². The van der Waals surface area contributed by atoms with Crippen molar-refractivity contribution in [2.45, 2.75) is 44.1 Å². The molecule has 0 fully saturated rings. The molecule has 3 aromatic rings. The van der Waals surface area contributed by atoms with E-state index in [-0.39, 0.29) is 11.5 Å². The van der Waals surface area contributed by atoms with E-state index in [9.17, 15) is 14.4 Å². The fourth-order valence-corrected chi connectivity index (χ4v) is 4.12. The second-order valence-electron chi connectivity index (χ2n) is 7.89. The molecule has 1 aromatic heterocycles. The number of fused-ring (bicyclic) bond motifs is 1. The van der Waals surface area contributed by atoms with Gasteiger partial charge in [-0.25, -0.2) is 4.98 Å². The van der Waals surface area contributed by atoms with E-state index in [1.807, 2.05) is 0 Å². The van der Waals surface area contributed by atoms with Crippen LogP contribution in [0.3, 0.4) is 0 Å². The van der Waals surface area contributed by atoms with Crippen LogP contribution in [-0.2, 0) is 11.3 Å². The number of benzene rings is 2. The molecule has 9 heteroatoms. The van der Waals surface area contributed by atoms with E-state index in [0.717, 1.165) is 6.42 Å². The van der Waals surface area contributed by atoms with Gasteiger partial charge in [0.25, 0.3) is 5.56 Å². The lowest BCUT2D eigenvalue weighted by molar-refractivity contribution is -0.115. The van der Waals surface area contributed by atoms with Crippen LogP contribution in [-0.4, -0.2) is 26.6 Å². The van der Waals surface area contributed by atoms with Gasteiger partial charge in [-0.3, -0.25) is 19.0 Å². The van der Waals surface area contributed by atoms with Gasteiger partial charge in [-0.2, -0.15) is 0 Å². The van der Waals surface area contributed by atoms with E-state index in [1.54, 1.807) is 54.0 Å². The molecular weight excluding hydrogens is 448 g/mol. The minimum Gasteiger partial charge on any atom is -0.366 e. The fraction of sp³-hybridized carbons (Fsp3) is 0.304. The third-order valence-corrected chi connectivity index (χ3v) is 6.23. The summed E-state index contributed by atoms with van der Waals surface area (Å²) >= 11 is 7.31. The maximum absolute atomic E-state index is 13.1. The van der Waals surface area contributed by atoms with Crippen molar-refractivity contribution in [1.82, 2.24) is 9.55 Å². The van der Waals surface area contributed by atoms with E-state index < -0.39 is 11.2 Å². The second-order valence-corrected chi connectivity index (χ2v) is 9.63. The standard InChI is InChI=1S/C23H25ClN4O3S/c1-13(2)10-11-28-22(31)18-9-6-16(24)12-19(18)27-23(28)32-14(3)21(30)26-17-7-4-15(5-8-17)20(25)29/h4-9,12-14H,10-11H2,1-3H3,(H2,25,29)(H,26,30). The number of nitrogens with two attached hydrogens (primary N) is 1. The average molecular weight is 473 g/mol. The molecular formula is C23H25ClN4O3S. The van der Waals surface area contributed by atoms with Gasteiger partial charge in [0.15, 0.2) is 5.16 Å². The number of halogens is 1. The monoisotopic (exact) mass is 472 g/mol. The predicted octanol–water partition coefficient (Wildman–Crippen LogP) is 4.31. The Morgan fingerprint density at radius 2 is 1.84 bits per heavy atom. The summed E-state index contributed by atoms with van der Waals surface area (Å²) in [5, 5.41) is 3.74. The molecule has 0 radical (unpaired) electrons. The van der Waals surface area contributed by atoms with Crippen LogP contribution in [0.2, 0.25) is 5.02 Å². The zero-order valence-corrected chi connectivity index (χ0v) is 19.7. The number of hydrogen-bond acceptors (Lipinski definition) is 5. The number of thioether (sulfide) groups is 1. The Morgan fingerprint density at radius 3 is 2.47 bits per heavy atom. The van der Waals surface area contributed by atoms with Gasteiger partial charge in [0.05, 0.1) is 16.2 Å². The molecule has 2 amide bonds. The average Bonchev–Trinajstić information content (AvgIpc) is 2.73.